The lowest BCUT2D eigenvalue weighted by atomic mass is 10.0. The summed E-state index contributed by atoms with van der Waals surface area (Å²) in [7, 11) is 1.36. The fraction of sp³-hybridized carbons (Fsp3) is 0.143. The molecule has 0 saturated carbocycles. The van der Waals surface area contributed by atoms with Gasteiger partial charge in [-0.3, -0.25) is 30.1 Å². The largest absolute Gasteiger partial charge is 0.353 e. The average molecular weight is 485 g/mol. The molecule has 0 unspecified atom stereocenters. The Hall–Kier alpha value is -4.56. The van der Waals surface area contributed by atoms with Crippen LogP contribution in [0.25, 0.3) is 10.9 Å². The van der Waals surface area contributed by atoms with Crippen molar-refractivity contribution < 1.29 is 19.6 Å². The lowest BCUT2D eigenvalue weighted by molar-refractivity contribution is -0.138. The van der Waals surface area contributed by atoms with Crippen molar-refractivity contribution in [2.45, 2.75) is 19.4 Å². The summed E-state index contributed by atoms with van der Waals surface area (Å²) in [4.78, 5) is 40.7. The van der Waals surface area contributed by atoms with Crippen LogP contribution in [0.15, 0.2) is 91.1 Å². The van der Waals surface area contributed by atoms with E-state index in [2.05, 4.69) is 46.8 Å². The maximum absolute atomic E-state index is 12.4. The molecule has 4 N–H and O–H groups in total. The fourth-order valence-corrected chi connectivity index (χ4v) is 3.57. The lowest BCUT2D eigenvalue weighted by Crippen LogP contribution is -2.48. The van der Waals surface area contributed by atoms with Crippen LogP contribution < -0.4 is 16.1 Å². The number of ketones is 1. The van der Waals surface area contributed by atoms with Gasteiger partial charge in [-0.25, -0.2) is 0 Å². The van der Waals surface area contributed by atoms with E-state index in [1.807, 2.05) is 48.1 Å². The van der Waals surface area contributed by atoms with E-state index >= 15 is 0 Å². The third-order valence-corrected chi connectivity index (χ3v) is 5.44. The van der Waals surface area contributed by atoms with Gasteiger partial charge in [-0.1, -0.05) is 60.7 Å². The summed E-state index contributed by atoms with van der Waals surface area (Å²) in [6.45, 7) is 2.08. The number of hydrogen-bond donors (Lipinski definition) is 4. The van der Waals surface area contributed by atoms with Gasteiger partial charge in [0.15, 0.2) is 0 Å². The van der Waals surface area contributed by atoms with Crippen molar-refractivity contribution in [1.29, 1.82) is 0 Å². The second kappa shape index (κ2) is 12.8. The van der Waals surface area contributed by atoms with Crippen LogP contribution in [0.2, 0.25) is 0 Å². The summed E-state index contributed by atoms with van der Waals surface area (Å²) in [5.41, 5.74) is 5.71. The third kappa shape index (κ3) is 6.97. The highest BCUT2D eigenvalue weighted by atomic mass is 16.5. The minimum atomic E-state index is -0.999. The summed E-state index contributed by atoms with van der Waals surface area (Å²) in [5, 5.41) is 15.0. The Kier molecular flexibility index (Phi) is 9.25. The summed E-state index contributed by atoms with van der Waals surface area (Å²) < 4.78 is 0. The number of likely N-dealkylation sites (N-methyl/N-ethyl adjacent to an activating group) is 1. The predicted octanol–water partition coefficient (Wildman–Crippen LogP) is 3.69. The van der Waals surface area contributed by atoms with Gasteiger partial charge in [0, 0.05) is 30.6 Å². The topological polar surface area (TPSA) is 120 Å². The van der Waals surface area contributed by atoms with Crippen LogP contribution >= 0.6 is 0 Å². The van der Waals surface area contributed by atoms with Gasteiger partial charge in [0.2, 0.25) is 5.78 Å². The van der Waals surface area contributed by atoms with Crippen molar-refractivity contribution in [3.05, 3.63) is 108 Å². The van der Waals surface area contributed by atoms with E-state index in [0.29, 0.717) is 5.69 Å². The van der Waals surface area contributed by atoms with Gasteiger partial charge in [0.1, 0.15) is 6.04 Å². The van der Waals surface area contributed by atoms with Gasteiger partial charge in [-0.05, 0) is 42.3 Å². The van der Waals surface area contributed by atoms with Crippen LogP contribution in [0.5, 0.6) is 0 Å². The summed E-state index contributed by atoms with van der Waals surface area (Å²) >= 11 is 0. The molecule has 0 saturated heterocycles. The molecule has 0 aliphatic heterocycles. The number of aromatic nitrogens is 1. The fourth-order valence-electron chi connectivity index (χ4n) is 3.57. The first-order valence-corrected chi connectivity index (χ1v) is 11.3. The number of nitrogens with zero attached hydrogens (tertiary/aromatic N) is 1. The van der Waals surface area contributed by atoms with Crippen molar-refractivity contribution in [1.82, 2.24) is 15.6 Å². The normalized spacial score (nSPS) is 11.0. The van der Waals surface area contributed by atoms with E-state index < -0.39 is 23.6 Å². The van der Waals surface area contributed by atoms with E-state index in [-0.39, 0.29) is 12.0 Å². The lowest BCUT2D eigenvalue weighted by Gasteiger charge is -2.17. The molecule has 4 aromatic rings. The van der Waals surface area contributed by atoms with E-state index in [4.69, 9.17) is 5.21 Å². The zero-order valence-electron chi connectivity index (χ0n) is 20.1. The molecule has 0 bridgehead atoms. The monoisotopic (exact) mass is 484 g/mol. The molecule has 36 heavy (non-hydrogen) atoms. The van der Waals surface area contributed by atoms with Crippen LogP contribution in [0, 0.1) is 6.92 Å². The maximum atomic E-state index is 12.4. The van der Waals surface area contributed by atoms with Crippen LogP contribution in [-0.4, -0.2) is 40.9 Å². The van der Waals surface area contributed by atoms with Crippen LogP contribution in [0.4, 0.5) is 5.69 Å². The van der Waals surface area contributed by atoms with Crippen LogP contribution in [0.3, 0.4) is 0 Å². The molecule has 3 aromatic carbocycles. The zero-order valence-corrected chi connectivity index (χ0v) is 20.1. The number of hydrogen-bond acceptors (Lipinski definition) is 6. The summed E-state index contributed by atoms with van der Waals surface area (Å²) in [5.74, 6) is -2.02. The molecule has 8 heteroatoms. The van der Waals surface area contributed by atoms with Crippen molar-refractivity contribution in [2.24, 2.45) is 0 Å². The number of para-hydroxylation sites is 1. The Bertz CT molecular complexity index is 1340. The number of rotatable bonds is 7. The molecule has 0 aliphatic carbocycles. The number of aryl methyl sites for hydroxylation is 1. The van der Waals surface area contributed by atoms with Crippen molar-refractivity contribution in [3.63, 3.8) is 0 Å². The van der Waals surface area contributed by atoms with Gasteiger partial charge < -0.3 is 10.6 Å². The highest BCUT2D eigenvalue weighted by Gasteiger charge is 2.26. The highest BCUT2D eigenvalue weighted by molar-refractivity contribution is 6.38. The quantitative estimate of drug-likeness (QED) is 0.235. The third-order valence-electron chi connectivity index (χ3n) is 5.44. The number of nitrogens with one attached hydrogen (secondary N) is 3. The number of fused-ring (bicyclic) bond motifs is 1. The Balaban J connectivity index is 0.000000270. The van der Waals surface area contributed by atoms with Crippen molar-refractivity contribution in [2.75, 3.05) is 12.5 Å². The number of pyridine rings is 1. The molecule has 184 valence electrons. The van der Waals surface area contributed by atoms with Crippen LogP contribution in [0.1, 0.15) is 21.5 Å². The molecule has 8 nitrogen and oxygen atoms in total. The number of amides is 2. The second-order valence-corrected chi connectivity index (χ2v) is 8.00. The summed E-state index contributed by atoms with van der Waals surface area (Å²) in [6.07, 6.45) is 2.02. The molecule has 0 radical (unpaired) electrons. The van der Waals surface area contributed by atoms with Gasteiger partial charge in [-0.2, -0.15) is 0 Å². The SMILES string of the molecule is CNC(=O)C(=O)[C@H](Cc1ccccc1)NC(=O)c1cccc(NO)c1.Cc1cccc2cccnc12. The van der Waals surface area contributed by atoms with E-state index in [1.54, 1.807) is 18.2 Å². The van der Waals surface area contributed by atoms with Gasteiger partial charge in [0.05, 0.1) is 11.2 Å². The molecule has 2 amide bonds. The summed E-state index contributed by atoms with van der Waals surface area (Å²) in [6, 6.07) is 24.5. The molecular weight excluding hydrogens is 456 g/mol. The predicted molar refractivity (Wildman–Crippen MR) is 139 cm³/mol. The minimum absolute atomic E-state index is 0.191. The molecule has 1 atom stereocenters. The number of carbonyl (C=O) groups is 3. The molecular formula is C28H28N4O4. The Labute approximate surface area is 209 Å². The standard InChI is InChI=1S/C18H19N3O4.C10H9N/c1-19-18(24)16(22)15(10-12-6-3-2-4-7-12)20-17(23)13-8-5-9-14(11-13)21-25;1-8-4-2-5-9-6-3-7-11-10(8)9/h2-9,11,15,21,25H,10H2,1H3,(H,19,24)(H,20,23);2-7H,1H3/t15-;/m0./s1. The number of carbonyl (C=O) groups excluding carboxylic acids is 3. The van der Waals surface area contributed by atoms with Crippen molar-refractivity contribution >= 4 is 34.2 Å². The molecule has 0 spiro atoms. The first-order valence-electron chi connectivity index (χ1n) is 11.3. The maximum Gasteiger partial charge on any atom is 0.289 e. The molecule has 1 heterocycles. The Morgan fingerprint density at radius 1 is 0.917 bits per heavy atom. The number of benzene rings is 3. The minimum Gasteiger partial charge on any atom is -0.353 e. The van der Waals surface area contributed by atoms with E-state index in [0.717, 1.165) is 11.1 Å². The molecule has 1 aromatic heterocycles. The molecule has 4 rings (SSSR count). The Morgan fingerprint density at radius 2 is 1.64 bits per heavy atom. The molecule has 0 aliphatic rings. The Morgan fingerprint density at radius 3 is 2.33 bits per heavy atom. The first kappa shape index (κ1) is 26.1. The van der Waals surface area contributed by atoms with Gasteiger partial charge >= 0.3 is 0 Å². The first-order chi connectivity index (χ1) is 17.4. The smallest absolute Gasteiger partial charge is 0.289 e. The molecule has 0 fully saturated rings. The highest BCUT2D eigenvalue weighted by Crippen LogP contribution is 2.14. The van der Waals surface area contributed by atoms with Crippen molar-refractivity contribution in [3.8, 4) is 0 Å². The number of anilines is 1. The van der Waals surface area contributed by atoms with E-state index in [1.165, 1.54) is 24.1 Å². The number of Topliss-reactive ketones (excluding diaryl/α,β-unsaturated/α-hetero) is 1. The zero-order chi connectivity index (χ0) is 25.9. The van der Waals surface area contributed by atoms with Crippen LogP contribution in [-0.2, 0) is 16.0 Å². The average Bonchev–Trinajstić information content (AvgIpc) is 2.93. The second-order valence-electron chi connectivity index (χ2n) is 8.00. The van der Waals surface area contributed by atoms with Gasteiger partial charge in [-0.15, -0.1) is 0 Å². The van der Waals surface area contributed by atoms with Gasteiger partial charge in [0.25, 0.3) is 11.8 Å². The van der Waals surface area contributed by atoms with E-state index in [9.17, 15) is 14.4 Å².